The van der Waals surface area contributed by atoms with Crippen LogP contribution >= 0.6 is 0 Å². The van der Waals surface area contributed by atoms with E-state index in [1.54, 1.807) is 43.7 Å². The Kier molecular flexibility index (Phi) is 3.70. The van der Waals surface area contributed by atoms with Crippen molar-refractivity contribution in [1.82, 2.24) is 9.88 Å². The SMILES string of the molecule is CN(Cc1cccnc1)C(=O)c1cc(=O)c2ccccc2o1. The van der Waals surface area contributed by atoms with Crippen molar-refractivity contribution >= 4 is 16.9 Å². The molecular weight excluding hydrogens is 280 g/mol. The Morgan fingerprint density at radius 3 is 2.82 bits per heavy atom. The molecule has 2 aromatic heterocycles. The van der Waals surface area contributed by atoms with Gasteiger partial charge in [0, 0.05) is 32.1 Å². The van der Waals surface area contributed by atoms with Crippen molar-refractivity contribution in [3.63, 3.8) is 0 Å². The van der Waals surface area contributed by atoms with Crippen LogP contribution in [-0.4, -0.2) is 22.8 Å². The number of amides is 1. The molecule has 5 heteroatoms. The largest absolute Gasteiger partial charge is 0.451 e. The molecule has 0 atom stereocenters. The summed E-state index contributed by atoms with van der Waals surface area (Å²) in [6, 6.07) is 11.8. The van der Waals surface area contributed by atoms with Crippen LogP contribution in [0.3, 0.4) is 0 Å². The number of carbonyl (C=O) groups excluding carboxylic acids is 1. The molecule has 2 heterocycles. The number of carbonyl (C=O) groups is 1. The summed E-state index contributed by atoms with van der Waals surface area (Å²) in [7, 11) is 1.66. The number of aromatic nitrogens is 1. The topological polar surface area (TPSA) is 63.4 Å². The number of nitrogens with zero attached hydrogens (tertiary/aromatic N) is 2. The molecule has 22 heavy (non-hydrogen) atoms. The highest BCUT2D eigenvalue weighted by atomic mass is 16.3. The molecule has 0 aliphatic carbocycles. The predicted molar refractivity (Wildman–Crippen MR) is 82.5 cm³/mol. The number of hydrogen-bond donors (Lipinski definition) is 0. The van der Waals surface area contributed by atoms with Crippen molar-refractivity contribution in [1.29, 1.82) is 0 Å². The van der Waals surface area contributed by atoms with Crippen LogP contribution in [0.15, 0.2) is 64.1 Å². The van der Waals surface area contributed by atoms with Crippen LogP contribution in [0.4, 0.5) is 0 Å². The first-order chi connectivity index (χ1) is 10.6. The first-order valence-corrected chi connectivity index (χ1v) is 6.82. The van der Waals surface area contributed by atoms with E-state index in [2.05, 4.69) is 4.98 Å². The van der Waals surface area contributed by atoms with Crippen molar-refractivity contribution in [3.05, 3.63) is 76.4 Å². The van der Waals surface area contributed by atoms with Gasteiger partial charge in [0.1, 0.15) is 5.58 Å². The van der Waals surface area contributed by atoms with E-state index >= 15 is 0 Å². The summed E-state index contributed by atoms with van der Waals surface area (Å²) in [5, 5.41) is 0.467. The first kappa shape index (κ1) is 14.0. The maximum absolute atomic E-state index is 12.4. The predicted octanol–water partition coefficient (Wildman–Crippen LogP) is 2.46. The maximum atomic E-state index is 12.4. The Morgan fingerprint density at radius 2 is 2.05 bits per heavy atom. The van der Waals surface area contributed by atoms with E-state index in [0.29, 0.717) is 17.5 Å². The lowest BCUT2D eigenvalue weighted by Crippen LogP contribution is -2.27. The zero-order valence-corrected chi connectivity index (χ0v) is 12.0. The van der Waals surface area contributed by atoms with Gasteiger partial charge in [-0.3, -0.25) is 14.6 Å². The smallest absolute Gasteiger partial charge is 0.289 e. The highest BCUT2D eigenvalue weighted by Gasteiger charge is 2.16. The average molecular weight is 294 g/mol. The van der Waals surface area contributed by atoms with E-state index in [-0.39, 0.29) is 17.1 Å². The van der Waals surface area contributed by atoms with Gasteiger partial charge in [0.25, 0.3) is 5.91 Å². The van der Waals surface area contributed by atoms with E-state index in [4.69, 9.17) is 4.42 Å². The number of benzene rings is 1. The summed E-state index contributed by atoms with van der Waals surface area (Å²) in [5.74, 6) is -0.304. The van der Waals surface area contributed by atoms with Gasteiger partial charge >= 0.3 is 0 Å². The Balaban J connectivity index is 1.90. The van der Waals surface area contributed by atoms with Crippen LogP contribution in [0.2, 0.25) is 0 Å². The first-order valence-electron chi connectivity index (χ1n) is 6.82. The Morgan fingerprint density at radius 1 is 1.23 bits per heavy atom. The fraction of sp³-hybridized carbons (Fsp3) is 0.118. The molecule has 0 spiro atoms. The standard InChI is InChI=1S/C17H14N2O3/c1-19(11-12-5-4-8-18-10-12)17(21)16-9-14(20)13-6-2-3-7-15(13)22-16/h2-10H,11H2,1H3. The van der Waals surface area contributed by atoms with Crippen molar-refractivity contribution in [2.75, 3.05) is 7.05 Å². The Bertz CT molecular complexity index is 872. The van der Waals surface area contributed by atoms with Crippen LogP contribution in [-0.2, 0) is 6.54 Å². The van der Waals surface area contributed by atoms with Gasteiger partial charge in [-0.1, -0.05) is 18.2 Å². The third-order valence-corrected chi connectivity index (χ3v) is 3.33. The third kappa shape index (κ3) is 2.74. The molecule has 1 amide bonds. The van der Waals surface area contributed by atoms with Gasteiger partial charge in [-0.05, 0) is 23.8 Å². The second kappa shape index (κ2) is 5.81. The van der Waals surface area contributed by atoms with Gasteiger partial charge in [0.05, 0.1) is 5.39 Å². The third-order valence-electron chi connectivity index (χ3n) is 3.33. The highest BCUT2D eigenvalue weighted by molar-refractivity contribution is 5.93. The van der Waals surface area contributed by atoms with Gasteiger partial charge in [-0.25, -0.2) is 0 Å². The number of rotatable bonds is 3. The van der Waals surface area contributed by atoms with Gasteiger partial charge in [-0.15, -0.1) is 0 Å². The van der Waals surface area contributed by atoms with Crippen LogP contribution < -0.4 is 5.43 Å². The molecule has 5 nitrogen and oxygen atoms in total. The molecule has 0 bridgehead atoms. The molecule has 0 unspecified atom stereocenters. The molecule has 0 aliphatic rings. The van der Waals surface area contributed by atoms with Gasteiger partial charge in [0.2, 0.25) is 0 Å². The molecule has 0 radical (unpaired) electrons. The fourth-order valence-electron chi connectivity index (χ4n) is 2.23. The highest BCUT2D eigenvalue weighted by Crippen LogP contribution is 2.13. The zero-order chi connectivity index (χ0) is 15.5. The zero-order valence-electron chi connectivity index (χ0n) is 12.0. The molecule has 0 N–H and O–H groups in total. The normalized spacial score (nSPS) is 10.6. The fourth-order valence-corrected chi connectivity index (χ4v) is 2.23. The molecule has 0 aliphatic heterocycles. The molecule has 0 saturated carbocycles. The molecule has 3 aromatic rings. The second-order valence-electron chi connectivity index (χ2n) is 4.99. The summed E-state index contributed by atoms with van der Waals surface area (Å²) in [4.78, 5) is 30.0. The van der Waals surface area contributed by atoms with Crippen molar-refractivity contribution in [3.8, 4) is 0 Å². The van der Waals surface area contributed by atoms with Gasteiger partial charge < -0.3 is 9.32 Å². The van der Waals surface area contributed by atoms with E-state index < -0.39 is 0 Å². The van der Waals surface area contributed by atoms with Crippen molar-refractivity contribution < 1.29 is 9.21 Å². The van der Waals surface area contributed by atoms with Gasteiger partial charge in [0.15, 0.2) is 11.2 Å². The van der Waals surface area contributed by atoms with Crippen LogP contribution in [0, 0.1) is 0 Å². The van der Waals surface area contributed by atoms with Crippen molar-refractivity contribution in [2.45, 2.75) is 6.54 Å². The second-order valence-corrected chi connectivity index (χ2v) is 4.99. The van der Waals surface area contributed by atoms with Crippen molar-refractivity contribution in [2.24, 2.45) is 0 Å². The molecule has 110 valence electrons. The quantitative estimate of drug-likeness (QED) is 0.744. The molecule has 0 fully saturated rings. The minimum Gasteiger partial charge on any atom is -0.451 e. The summed E-state index contributed by atoms with van der Waals surface area (Å²) >= 11 is 0. The van der Waals surface area contributed by atoms with E-state index in [9.17, 15) is 9.59 Å². The number of para-hydroxylation sites is 1. The maximum Gasteiger partial charge on any atom is 0.289 e. The lowest BCUT2D eigenvalue weighted by molar-refractivity contribution is 0.0754. The summed E-state index contributed by atoms with van der Waals surface area (Å²) in [5.41, 5.74) is 1.09. The molecular formula is C17H14N2O3. The van der Waals surface area contributed by atoms with E-state index in [1.165, 1.54) is 11.0 Å². The Hall–Kier alpha value is -2.95. The average Bonchev–Trinajstić information content (AvgIpc) is 2.55. The van der Waals surface area contributed by atoms with E-state index in [1.807, 2.05) is 12.1 Å². The Labute approximate surface area is 126 Å². The van der Waals surface area contributed by atoms with Crippen LogP contribution in [0.5, 0.6) is 0 Å². The monoisotopic (exact) mass is 294 g/mol. The van der Waals surface area contributed by atoms with Gasteiger partial charge in [-0.2, -0.15) is 0 Å². The summed E-state index contributed by atoms with van der Waals surface area (Å²) in [6.45, 7) is 0.392. The molecule has 3 rings (SSSR count). The lowest BCUT2D eigenvalue weighted by Gasteiger charge is -2.16. The number of hydrogen-bond acceptors (Lipinski definition) is 4. The summed E-state index contributed by atoms with van der Waals surface area (Å²) < 4.78 is 5.56. The number of pyridine rings is 1. The summed E-state index contributed by atoms with van der Waals surface area (Å²) in [6.07, 6.45) is 3.37. The molecule has 1 aromatic carbocycles. The van der Waals surface area contributed by atoms with Crippen LogP contribution in [0.25, 0.3) is 11.0 Å². The van der Waals surface area contributed by atoms with E-state index in [0.717, 1.165) is 5.56 Å². The van der Waals surface area contributed by atoms with Crippen LogP contribution in [0.1, 0.15) is 16.1 Å². The molecule has 0 saturated heterocycles. The minimum absolute atomic E-state index is 0.0371. The lowest BCUT2D eigenvalue weighted by atomic mass is 10.2. The number of fused-ring (bicyclic) bond motifs is 1. The minimum atomic E-state index is -0.341.